The van der Waals surface area contributed by atoms with Gasteiger partial charge in [-0.05, 0) is 145 Å². The lowest BCUT2D eigenvalue weighted by molar-refractivity contribution is 1.25. The number of nitrogens with zero attached hydrogens (tertiary/aromatic N) is 2. The second kappa shape index (κ2) is 13.9. The molecular formula is C58H44N2S2. The van der Waals surface area contributed by atoms with Crippen LogP contribution in [0.25, 0.3) is 72.7 Å². The van der Waals surface area contributed by atoms with Crippen LogP contribution in [-0.2, 0) is 0 Å². The van der Waals surface area contributed by atoms with Gasteiger partial charge in [-0.15, -0.1) is 22.7 Å². The molecule has 10 aromatic carbocycles. The third kappa shape index (κ3) is 5.60. The van der Waals surface area contributed by atoms with Gasteiger partial charge >= 0.3 is 0 Å². The van der Waals surface area contributed by atoms with E-state index in [2.05, 4.69) is 209 Å². The molecule has 0 amide bonds. The Balaban J connectivity index is 1.17. The lowest BCUT2D eigenvalue weighted by atomic mass is 9.91. The monoisotopic (exact) mass is 832 g/mol. The standard InChI is InChI=1S/C58H44N2S2/c1-33-27-34(2)30-41(29-33)59(55-37(5)15-21-45-43-11-7-9-13-51(43)61-57(45)55)49-25-19-39-18-24-48-50(26-20-40-17-23-47(49)53(39)54(40)48)60(42-31-35(3)28-36(4)32-42)56-38(6)16-22-46-44-12-8-10-14-52(44)62-58(46)56/h7-32H,1-6H3. The van der Waals surface area contributed by atoms with Gasteiger partial charge in [0.05, 0.1) is 32.1 Å². The first kappa shape index (κ1) is 37.1. The maximum atomic E-state index is 2.56. The zero-order chi connectivity index (χ0) is 42.0. The molecular weight excluding hydrogens is 789 g/mol. The van der Waals surface area contributed by atoms with Crippen LogP contribution in [0.1, 0.15) is 33.4 Å². The summed E-state index contributed by atoms with van der Waals surface area (Å²) in [6.07, 6.45) is 0. The Labute approximate surface area is 369 Å². The Kier molecular flexibility index (Phi) is 8.31. The van der Waals surface area contributed by atoms with E-state index in [9.17, 15) is 0 Å². The fourth-order valence-electron chi connectivity index (χ4n) is 10.4. The van der Waals surface area contributed by atoms with Crippen LogP contribution in [0, 0.1) is 41.5 Å². The van der Waals surface area contributed by atoms with Gasteiger partial charge in [0.1, 0.15) is 0 Å². The minimum atomic E-state index is 1.18. The highest BCUT2D eigenvalue weighted by atomic mass is 32.1. The summed E-state index contributed by atoms with van der Waals surface area (Å²) in [5.41, 5.74) is 14.8. The second-order valence-electron chi connectivity index (χ2n) is 17.4. The van der Waals surface area contributed by atoms with Gasteiger partial charge in [0, 0.05) is 53.1 Å². The maximum Gasteiger partial charge on any atom is 0.0669 e. The van der Waals surface area contributed by atoms with E-state index in [0.717, 1.165) is 0 Å². The molecule has 0 saturated heterocycles. The number of aryl methyl sites for hydroxylation is 6. The van der Waals surface area contributed by atoms with Crippen LogP contribution in [0.5, 0.6) is 0 Å². The molecule has 0 aliphatic carbocycles. The summed E-state index contributed by atoms with van der Waals surface area (Å²) in [4.78, 5) is 5.13. The Morgan fingerprint density at radius 3 is 1.13 bits per heavy atom. The molecule has 0 N–H and O–H groups in total. The number of benzene rings is 10. The summed E-state index contributed by atoms with van der Waals surface area (Å²) in [5.74, 6) is 0. The summed E-state index contributed by atoms with van der Waals surface area (Å²) in [6, 6.07) is 59.8. The van der Waals surface area contributed by atoms with E-state index in [4.69, 9.17) is 0 Å². The van der Waals surface area contributed by atoms with Gasteiger partial charge in [0.15, 0.2) is 0 Å². The molecule has 0 saturated carbocycles. The molecule has 2 aromatic heterocycles. The Morgan fingerprint density at radius 2 is 0.710 bits per heavy atom. The molecule has 0 atom stereocenters. The number of thiophene rings is 2. The lowest BCUT2D eigenvalue weighted by Crippen LogP contribution is -2.13. The van der Waals surface area contributed by atoms with E-state index in [0.29, 0.717) is 0 Å². The van der Waals surface area contributed by atoms with Crippen molar-refractivity contribution in [1.29, 1.82) is 0 Å². The normalized spacial score (nSPS) is 12.0. The van der Waals surface area contributed by atoms with Gasteiger partial charge in [0.2, 0.25) is 0 Å². The summed E-state index contributed by atoms with van der Waals surface area (Å²) in [7, 11) is 0. The average molecular weight is 833 g/mol. The highest BCUT2D eigenvalue weighted by Crippen LogP contribution is 2.53. The van der Waals surface area contributed by atoms with Crippen molar-refractivity contribution in [2.75, 3.05) is 9.80 Å². The molecule has 0 spiro atoms. The lowest BCUT2D eigenvalue weighted by Gasteiger charge is -2.31. The van der Waals surface area contributed by atoms with Crippen LogP contribution in [0.2, 0.25) is 0 Å². The second-order valence-corrected chi connectivity index (χ2v) is 19.5. The molecule has 2 nitrogen and oxygen atoms in total. The number of hydrogen-bond donors (Lipinski definition) is 0. The predicted molar refractivity (Wildman–Crippen MR) is 274 cm³/mol. The van der Waals surface area contributed by atoms with Crippen molar-refractivity contribution in [3.05, 3.63) is 191 Å². The predicted octanol–water partition coefficient (Wildman–Crippen LogP) is 18.1. The topological polar surface area (TPSA) is 6.48 Å². The van der Waals surface area contributed by atoms with Crippen molar-refractivity contribution in [2.24, 2.45) is 0 Å². The van der Waals surface area contributed by atoms with E-state index in [-0.39, 0.29) is 0 Å². The number of fused-ring (bicyclic) bond motifs is 6. The summed E-state index contributed by atoms with van der Waals surface area (Å²) >= 11 is 3.80. The number of rotatable bonds is 6. The van der Waals surface area contributed by atoms with Crippen LogP contribution in [0.15, 0.2) is 158 Å². The molecule has 0 aliphatic heterocycles. The minimum absolute atomic E-state index is 1.18. The highest BCUT2D eigenvalue weighted by Gasteiger charge is 2.26. The average Bonchev–Trinajstić information content (AvgIpc) is 3.83. The van der Waals surface area contributed by atoms with Gasteiger partial charge in [-0.25, -0.2) is 0 Å². The fourth-order valence-corrected chi connectivity index (χ4v) is 13.0. The molecule has 0 bridgehead atoms. The SMILES string of the molecule is Cc1cc(C)cc(N(c2ccc3ccc4c(N(c5cc(C)cc(C)c5)c5c(C)ccc6c5sc5ccccc56)ccc5ccc2c3c54)c2c(C)ccc3c2sc2ccccc23)c1. The molecule has 12 aromatic rings. The van der Waals surface area contributed by atoms with E-state index in [1.54, 1.807) is 0 Å². The van der Waals surface area contributed by atoms with Crippen LogP contribution in [0.4, 0.5) is 34.1 Å². The van der Waals surface area contributed by atoms with Crippen molar-refractivity contribution in [3.63, 3.8) is 0 Å². The van der Waals surface area contributed by atoms with Crippen molar-refractivity contribution < 1.29 is 0 Å². The Hall–Kier alpha value is -6.72. The molecule has 298 valence electrons. The third-order valence-electron chi connectivity index (χ3n) is 12.9. The molecule has 4 heteroatoms. The molecule has 0 aliphatic rings. The molecule has 0 fully saturated rings. The molecule has 0 radical (unpaired) electrons. The van der Waals surface area contributed by atoms with Crippen molar-refractivity contribution in [1.82, 2.24) is 0 Å². The highest BCUT2D eigenvalue weighted by molar-refractivity contribution is 7.26. The number of anilines is 6. The van der Waals surface area contributed by atoms with E-state index >= 15 is 0 Å². The van der Waals surface area contributed by atoms with Crippen LogP contribution in [0.3, 0.4) is 0 Å². The van der Waals surface area contributed by atoms with E-state index in [1.165, 1.54) is 140 Å². The van der Waals surface area contributed by atoms with E-state index < -0.39 is 0 Å². The first-order chi connectivity index (χ1) is 30.2. The van der Waals surface area contributed by atoms with Crippen molar-refractivity contribution >= 4 is 129 Å². The van der Waals surface area contributed by atoms with Gasteiger partial charge in [-0.1, -0.05) is 109 Å². The summed E-state index contributed by atoms with van der Waals surface area (Å²) in [5, 5.41) is 12.8. The Morgan fingerprint density at radius 1 is 0.339 bits per heavy atom. The summed E-state index contributed by atoms with van der Waals surface area (Å²) < 4.78 is 5.25. The third-order valence-corrected chi connectivity index (χ3v) is 15.3. The Bertz CT molecular complexity index is 3500. The first-order valence-corrected chi connectivity index (χ1v) is 23.1. The molecule has 2 heterocycles. The van der Waals surface area contributed by atoms with Crippen molar-refractivity contribution in [2.45, 2.75) is 41.5 Å². The molecule has 0 unspecified atom stereocenters. The zero-order valence-corrected chi connectivity index (χ0v) is 37.4. The fraction of sp³-hybridized carbons (Fsp3) is 0.103. The van der Waals surface area contributed by atoms with Crippen molar-refractivity contribution in [3.8, 4) is 0 Å². The largest absolute Gasteiger partial charge is 0.308 e. The maximum absolute atomic E-state index is 2.56. The van der Waals surface area contributed by atoms with Gasteiger partial charge in [-0.2, -0.15) is 0 Å². The quantitative estimate of drug-likeness (QED) is 0.154. The van der Waals surface area contributed by atoms with E-state index in [1.807, 2.05) is 22.7 Å². The van der Waals surface area contributed by atoms with Crippen LogP contribution < -0.4 is 9.80 Å². The smallest absolute Gasteiger partial charge is 0.0669 e. The van der Waals surface area contributed by atoms with Gasteiger partial charge < -0.3 is 9.80 Å². The van der Waals surface area contributed by atoms with Crippen LogP contribution in [-0.4, -0.2) is 0 Å². The molecule has 12 rings (SSSR count). The van der Waals surface area contributed by atoms with Crippen LogP contribution >= 0.6 is 22.7 Å². The first-order valence-electron chi connectivity index (χ1n) is 21.5. The zero-order valence-electron chi connectivity index (χ0n) is 35.7. The van der Waals surface area contributed by atoms with Gasteiger partial charge in [0.25, 0.3) is 0 Å². The summed E-state index contributed by atoms with van der Waals surface area (Å²) in [6.45, 7) is 13.4. The van der Waals surface area contributed by atoms with Gasteiger partial charge in [-0.3, -0.25) is 0 Å². The number of hydrogen-bond acceptors (Lipinski definition) is 4. The molecule has 62 heavy (non-hydrogen) atoms. The minimum Gasteiger partial charge on any atom is -0.308 e.